The van der Waals surface area contributed by atoms with Crippen molar-refractivity contribution in [3.8, 4) is 0 Å². The van der Waals surface area contributed by atoms with Crippen LogP contribution in [0.1, 0.15) is 19.2 Å². The Morgan fingerprint density at radius 3 is 3.04 bits per heavy atom. The lowest BCUT2D eigenvalue weighted by Crippen LogP contribution is -2.43. The van der Waals surface area contributed by atoms with Gasteiger partial charge in [-0.05, 0) is 17.9 Å². The standard InChI is InChI=1S/C16H20N4O3S/c1-2-4-20(16(22)19-13-9-7-23-8-10(9)13)6-12-17-11-3-5-24-14(11)15(21)18-12/h3,5,9-10,13H,2,4,6-8H2,1H3,(H,19,22)(H,17,18,21)/t9-,10+,13?. The number of carbonyl (C=O) groups is 1. The molecule has 2 amide bonds. The van der Waals surface area contributed by atoms with Crippen LogP contribution in [0.2, 0.25) is 0 Å². The summed E-state index contributed by atoms with van der Waals surface area (Å²) in [5, 5.41) is 4.95. The number of nitrogens with zero attached hydrogens (tertiary/aromatic N) is 2. The Balaban J connectivity index is 1.47. The highest BCUT2D eigenvalue weighted by Gasteiger charge is 2.55. The lowest BCUT2D eigenvalue weighted by atomic mass is 10.3. The third-order valence-electron chi connectivity index (χ3n) is 4.73. The van der Waals surface area contributed by atoms with Crippen LogP contribution in [-0.2, 0) is 11.3 Å². The van der Waals surface area contributed by atoms with Crippen molar-refractivity contribution in [2.75, 3.05) is 19.8 Å². The molecule has 1 saturated carbocycles. The van der Waals surface area contributed by atoms with Gasteiger partial charge in [0.1, 0.15) is 10.5 Å². The molecule has 4 rings (SSSR count). The number of ether oxygens (including phenoxy) is 1. The molecule has 128 valence electrons. The molecule has 0 bridgehead atoms. The Labute approximate surface area is 143 Å². The molecule has 2 aromatic heterocycles. The minimum atomic E-state index is -0.143. The summed E-state index contributed by atoms with van der Waals surface area (Å²) >= 11 is 1.37. The summed E-state index contributed by atoms with van der Waals surface area (Å²) in [4.78, 5) is 33.6. The van der Waals surface area contributed by atoms with E-state index in [1.54, 1.807) is 4.90 Å². The van der Waals surface area contributed by atoms with Crippen molar-refractivity contribution in [1.82, 2.24) is 20.2 Å². The molecular weight excluding hydrogens is 328 g/mol. The molecule has 0 spiro atoms. The van der Waals surface area contributed by atoms with E-state index in [1.165, 1.54) is 11.3 Å². The Bertz CT molecular complexity index is 807. The van der Waals surface area contributed by atoms with Crippen LogP contribution in [0.25, 0.3) is 10.2 Å². The molecule has 1 saturated heterocycles. The van der Waals surface area contributed by atoms with Crippen molar-refractivity contribution in [2.45, 2.75) is 25.9 Å². The van der Waals surface area contributed by atoms with Crippen LogP contribution in [-0.4, -0.2) is 46.7 Å². The molecule has 0 aromatic carbocycles. The SMILES string of the molecule is CCCN(Cc1nc2ccsc2c(=O)[nH]1)C(=O)NC1[C@H]2COC[C@@H]12. The van der Waals surface area contributed by atoms with Gasteiger partial charge in [-0.2, -0.15) is 0 Å². The smallest absolute Gasteiger partial charge is 0.318 e. The molecule has 2 N–H and O–H groups in total. The van der Waals surface area contributed by atoms with Crippen molar-refractivity contribution in [3.05, 3.63) is 27.6 Å². The summed E-state index contributed by atoms with van der Waals surface area (Å²) in [5.41, 5.74) is 0.542. The van der Waals surface area contributed by atoms with Crippen LogP contribution in [0.15, 0.2) is 16.2 Å². The summed E-state index contributed by atoms with van der Waals surface area (Å²) in [5.74, 6) is 1.46. The summed E-state index contributed by atoms with van der Waals surface area (Å²) in [6.07, 6.45) is 0.846. The molecule has 2 aliphatic rings. The Morgan fingerprint density at radius 1 is 1.50 bits per heavy atom. The van der Waals surface area contributed by atoms with E-state index in [-0.39, 0.29) is 17.6 Å². The van der Waals surface area contributed by atoms with Crippen LogP contribution in [0.5, 0.6) is 0 Å². The van der Waals surface area contributed by atoms with Gasteiger partial charge in [-0.1, -0.05) is 6.92 Å². The molecule has 0 radical (unpaired) electrons. The first kappa shape index (κ1) is 15.6. The lowest BCUT2D eigenvalue weighted by molar-refractivity contribution is 0.151. The van der Waals surface area contributed by atoms with Gasteiger partial charge in [-0.25, -0.2) is 9.78 Å². The van der Waals surface area contributed by atoms with Gasteiger partial charge in [0, 0.05) is 24.4 Å². The third kappa shape index (κ3) is 2.80. The fourth-order valence-corrected chi connectivity index (χ4v) is 4.11. The monoisotopic (exact) mass is 348 g/mol. The van der Waals surface area contributed by atoms with Crippen LogP contribution in [0.4, 0.5) is 4.79 Å². The van der Waals surface area contributed by atoms with Gasteiger partial charge >= 0.3 is 6.03 Å². The zero-order chi connectivity index (χ0) is 16.7. The summed E-state index contributed by atoms with van der Waals surface area (Å²) < 4.78 is 5.98. The number of hydrogen-bond donors (Lipinski definition) is 2. The second-order valence-electron chi connectivity index (χ2n) is 6.41. The first-order valence-electron chi connectivity index (χ1n) is 8.27. The van der Waals surface area contributed by atoms with E-state index in [1.807, 2.05) is 18.4 Å². The molecule has 7 nitrogen and oxygen atoms in total. The zero-order valence-electron chi connectivity index (χ0n) is 13.4. The number of urea groups is 1. The van der Waals surface area contributed by atoms with E-state index in [4.69, 9.17) is 4.74 Å². The molecule has 1 unspecified atom stereocenters. The largest absolute Gasteiger partial charge is 0.381 e. The van der Waals surface area contributed by atoms with Crippen LogP contribution in [0, 0.1) is 11.8 Å². The van der Waals surface area contributed by atoms with Crippen LogP contribution < -0.4 is 10.9 Å². The molecule has 24 heavy (non-hydrogen) atoms. The zero-order valence-corrected chi connectivity index (χ0v) is 14.3. The summed E-state index contributed by atoms with van der Waals surface area (Å²) in [7, 11) is 0. The maximum absolute atomic E-state index is 12.6. The number of rotatable bonds is 5. The molecule has 8 heteroatoms. The normalized spacial score (nSPS) is 24.8. The van der Waals surface area contributed by atoms with Crippen LogP contribution in [0.3, 0.4) is 0 Å². The Kier molecular flexibility index (Phi) is 4.01. The van der Waals surface area contributed by atoms with E-state index in [0.29, 0.717) is 41.0 Å². The van der Waals surface area contributed by atoms with Crippen LogP contribution >= 0.6 is 11.3 Å². The first-order chi connectivity index (χ1) is 11.7. The molecule has 3 heterocycles. The maximum Gasteiger partial charge on any atom is 0.318 e. The second kappa shape index (κ2) is 6.18. The van der Waals surface area contributed by atoms with Gasteiger partial charge in [0.2, 0.25) is 0 Å². The summed E-state index contributed by atoms with van der Waals surface area (Å²) in [6, 6.07) is 1.97. The number of amides is 2. The van der Waals surface area contributed by atoms with E-state index < -0.39 is 0 Å². The van der Waals surface area contributed by atoms with Crippen molar-refractivity contribution in [1.29, 1.82) is 0 Å². The number of aromatic nitrogens is 2. The first-order valence-corrected chi connectivity index (χ1v) is 9.15. The maximum atomic E-state index is 12.6. The topological polar surface area (TPSA) is 87.3 Å². The van der Waals surface area contributed by atoms with Gasteiger partial charge in [0.25, 0.3) is 5.56 Å². The minimum absolute atomic E-state index is 0.0932. The highest BCUT2D eigenvalue weighted by atomic mass is 32.1. The van der Waals surface area contributed by atoms with Crippen molar-refractivity contribution < 1.29 is 9.53 Å². The molecular formula is C16H20N4O3S. The quantitative estimate of drug-likeness (QED) is 0.858. The van der Waals surface area contributed by atoms with Gasteiger partial charge in [-0.15, -0.1) is 11.3 Å². The van der Waals surface area contributed by atoms with E-state index >= 15 is 0 Å². The predicted octanol–water partition coefficient (Wildman–Crippen LogP) is 1.55. The predicted molar refractivity (Wildman–Crippen MR) is 91.1 cm³/mol. The number of carbonyl (C=O) groups excluding carboxylic acids is 1. The molecule has 1 aliphatic carbocycles. The fourth-order valence-electron chi connectivity index (χ4n) is 3.39. The molecule has 3 atom stereocenters. The molecule has 2 aromatic rings. The Morgan fingerprint density at radius 2 is 2.29 bits per heavy atom. The number of aromatic amines is 1. The van der Waals surface area contributed by atoms with Gasteiger partial charge < -0.3 is 19.9 Å². The lowest BCUT2D eigenvalue weighted by Gasteiger charge is -2.22. The highest BCUT2D eigenvalue weighted by Crippen LogP contribution is 2.44. The molecule has 1 aliphatic heterocycles. The van der Waals surface area contributed by atoms with Crippen molar-refractivity contribution in [3.63, 3.8) is 0 Å². The third-order valence-corrected chi connectivity index (χ3v) is 5.63. The van der Waals surface area contributed by atoms with Gasteiger partial charge in [0.05, 0.1) is 25.3 Å². The second-order valence-corrected chi connectivity index (χ2v) is 7.33. The van der Waals surface area contributed by atoms with Gasteiger partial charge in [0.15, 0.2) is 0 Å². The number of nitrogens with one attached hydrogen (secondary N) is 2. The van der Waals surface area contributed by atoms with Crippen molar-refractivity contribution in [2.24, 2.45) is 11.8 Å². The number of H-pyrrole nitrogens is 1. The minimum Gasteiger partial charge on any atom is -0.381 e. The molecule has 2 fully saturated rings. The van der Waals surface area contributed by atoms with E-state index in [2.05, 4.69) is 15.3 Å². The number of hydrogen-bond acceptors (Lipinski definition) is 5. The number of thiophene rings is 1. The number of fused-ring (bicyclic) bond motifs is 2. The van der Waals surface area contributed by atoms with Crippen molar-refractivity contribution >= 4 is 27.6 Å². The average Bonchev–Trinajstić information content (AvgIpc) is 2.99. The van der Waals surface area contributed by atoms with E-state index in [0.717, 1.165) is 19.6 Å². The average molecular weight is 348 g/mol. The van der Waals surface area contributed by atoms with Gasteiger partial charge in [-0.3, -0.25) is 4.79 Å². The Hall–Kier alpha value is -1.93. The summed E-state index contributed by atoms with van der Waals surface area (Å²) in [6.45, 7) is 4.44. The highest BCUT2D eigenvalue weighted by molar-refractivity contribution is 7.17. The van der Waals surface area contributed by atoms with E-state index in [9.17, 15) is 9.59 Å². The fraction of sp³-hybridized carbons (Fsp3) is 0.562.